The van der Waals surface area contributed by atoms with Crippen LogP contribution in [0.15, 0.2) is 12.2 Å². The van der Waals surface area contributed by atoms with Gasteiger partial charge >= 0.3 is 0 Å². The molecule has 0 fully saturated rings. The van der Waals surface area contributed by atoms with E-state index in [0.29, 0.717) is 38.5 Å². The van der Waals surface area contributed by atoms with E-state index in [2.05, 4.69) is 24.5 Å². The van der Waals surface area contributed by atoms with Gasteiger partial charge in [-0.1, -0.05) is 46.6 Å². The summed E-state index contributed by atoms with van der Waals surface area (Å²) in [5.41, 5.74) is 0. The maximum atomic E-state index is 12.4. The minimum Gasteiger partial charge on any atom is -0.348 e. The molecule has 0 aromatic carbocycles. The van der Waals surface area contributed by atoms with Crippen molar-refractivity contribution in [2.75, 3.05) is 34.2 Å². The van der Waals surface area contributed by atoms with E-state index in [9.17, 15) is 24.0 Å². The fourth-order valence-electron chi connectivity index (χ4n) is 2.69. The Labute approximate surface area is 200 Å². The zero-order valence-electron chi connectivity index (χ0n) is 21.8. The van der Waals surface area contributed by atoms with Gasteiger partial charge in [0, 0.05) is 20.0 Å². The standard InChI is InChI=1S/C19H31N3O5.C3H8.C2H7N/c1-5-9-17(26)22(14-24)12-8-6-7-10-16(25)21(4)18(15(2)3)19(27)20-11-13-23;2*1-3-2/h5,9,13-15,18H,6-8,10-12H2,1-4H3,(H,20,27);3H2,1-2H3;3H,1-2H3/b9-5-;;. The van der Waals surface area contributed by atoms with Crippen molar-refractivity contribution in [3.8, 4) is 0 Å². The van der Waals surface area contributed by atoms with Crippen molar-refractivity contribution >= 4 is 30.4 Å². The Hall–Kier alpha value is -2.55. The van der Waals surface area contributed by atoms with E-state index in [4.69, 9.17) is 0 Å². The Bertz CT molecular complexity index is 577. The van der Waals surface area contributed by atoms with Gasteiger partial charge in [-0.15, -0.1) is 0 Å². The number of hydrogen-bond acceptors (Lipinski definition) is 6. The van der Waals surface area contributed by atoms with Crippen molar-refractivity contribution < 1.29 is 24.0 Å². The summed E-state index contributed by atoms with van der Waals surface area (Å²) in [5.74, 6) is -0.960. The Morgan fingerprint density at radius 3 is 1.97 bits per heavy atom. The summed E-state index contributed by atoms with van der Waals surface area (Å²) in [7, 11) is 5.33. The highest BCUT2D eigenvalue weighted by Crippen LogP contribution is 2.13. The lowest BCUT2D eigenvalue weighted by atomic mass is 10.0. The summed E-state index contributed by atoms with van der Waals surface area (Å²) in [4.78, 5) is 59.9. The van der Waals surface area contributed by atoms with Gasteiger partial charge in [0.25, 0.3) is 5.91 Å². The van der Waals surface area contributed by atoms with Gasteiger partial charge in [0.05, 0.1) is 6.54 Å². The molecular weight excluding hydrogens is 424 g/mol. The number of likely N-dealkylation sites (N-methyl/N-ethyl adjacent to an activating group) is 1. The van der Waals surface area contributed by atoms with Crippen molar-refractivity contribution in [3.63, 3.8) is 0 Å². The molecule has 2 N–H and O–H groups in total. The minimum atomic E-state index is -0.638. The van der Waals surface area contributed by atoms with Gasteiger partial charge in [-0.05, 0) is 45.9 Å². The number of imide groups is 1. The molecular formula is C24H46N4O5. The van der Waals surface area contributed by atoms with Crippen LogP contribution in [0.3, 0.4) is 0 Å². The number of amides is 4. The summed E-state index contributed by atoms with van der Waals surface area (Å²) < 4.78 is 0. The van der Waals surface area contributed by atoms with E-state index in [1.165, 1.54) is 17.4 Å². The Balaban J connectivity index is -0.00000134. The lowest BCUT2D eigenvalue weighted by molar-refractivity contribution is -0.140. The fraction of sp³-hybridized carbons (Fsp3) is 0.708. The molecule has 9 heteroatoms. The molecule has 9 nitrogen and oxygen atoms in total. The predicted octanol–water partition coefficient (Wildman–Crippen LogP) is 2.16. The van der Waals surface area contributed by atoms with E-state index in [0.717, 1.165) is 4.90 Å². The SMILES string of the molecule is C/C=C\C(=O)N(C=O)CCCCCC(=O)N(C)C(C(=O)NCC=O)C(C)C.CCC.CNC. The molecule has 0 aliphatic rings. The van der Waals surface area contributed by atoms with Gasteiger partial charge in [0.1, 0.15) is 12.3 Å². The van der Waals surface area contributed by atoms with Gasteiger partial charge in [0.2, 0.25) is 18.2 Å². The highest BCUT2D eigenvalue weighted by Gasteiger charge is 2.29. The fourth-order valence-corrected chi connectivity index (χ4v) is 2.69. The molecule has 0 saturated carbocycles. The van der Waals surface area contributed by atoms with Gasteiger partial charge in [0.15, 0.2) is 0 Å². The molecule has 0 aliphatic heterocycles. The number of allylic oxidation sites excluding steroid dienone is 1. The Kier molecular flexibility index (Phi) is 25.6. The maximum Gasteiger partial charge on any atom is 0.252 e. The Morgan fingerprint density at radius 2 is 1.55 bits per heavy atom. The molecule has 192 valence electrons. The Morgan fingerprint density at radius 1 is 1.00 bits per heavy atom. The third-order valence-electron chi connectivity index (χ3n) is 4.08. The monoisotopic (exact) mass is 470 g/mol. The summed E-state index contributed by atoms with van der Waals surface area (Å²) >= 11 is 0. The topological polar surface area (TPSA) is 116 Å². The van der Waals surface area contributed by atoms with Crippen LogP contribution < -0.4 is 10.6 Å². The number of unbranched alkanes of at least 4 members (excludes halogenated alkanes) is 2. The van der Waals surface area contributed by atoms with Gasteiger partial charge in [-0.3, -0.25) is 24.1 Å². The molecule has 0 aliphatic carbocycles. The normalized spacial score (nSPS) is 10.8. The number of carbonyl (C=O) groups excluding carboxylic acids is 5. The molecule has 0 bridgehead atoms. The van der Waals surface area contributed by atoms with Gasteiger partial charge in [-0.2, -0.15) is 0 Å². The quantitative estimate of drug-likeness (QED) is 0.242. The summed E-state index contributed by atoms with van der Waals surface area (Å²) in [6, 6.07) is -0.638. The van der Waals surface area contributed by atoms with Crippen LogP contribution in [0.2, 0.25) is 0 Å². The highest BCUT2D eigenvalue weighted by atomic mass is 16.2. The second-order valence-electron chi connectivity index (χ2n) is 7.76. The molecule has 0 spiro atoms. The van der Waals surface area contributed by atoms with Crippen LogP contribution in [-0.4, -0.2) is 80.5 Å². The van der Waals surface area contributed by atoms with Gasteiger partial charge in [-0.25, -0.2) is 0 Å². The average Bonchev–Trinajstić information content (AvgIpc) is 2.75. The van der Waals surface area contributed by atoms with Gasteiger partial charge < -0.3 is 20.3 Å². The van der Waals surface area contributed by atoms with Crippen molar-refractivity contribution in [2.45, 2.75) is 72.8 Å². The van der Waals surface area contributed by atoms with Crippen LogP contribution in [0.25, 0.3) is 0 Å². The first kappa shape index (κ1) is 35.0. The lowest BCUT2D eigenvalue weighted by Gasteiger charge is -2.30. The molecule has 1 atom stereocenters. The van der Waals surface area contributed by atoms with Crippen LogP contribution in [0, 0.1) is 5.92 Å². The zero-order valence-corrected chi connectivity index (χ0v) is 21.8. The van der Waals surface area contributed by atoms with Crippen molar-refractivity contribution in [3.05, 3.63) is 12.2 Å². The minimum absolute atomic E-state index is 0.0801. The molecule has 33 heavy (non-hydrogen) atoms. The molecule has 0 radical (unpaired) electrons. The molecule has 0 aromatic heterocycles. The van der Waals surface area contributed by atoms with Crippen LogP contribution in [0.1, 0.15) is 66.7 Å². The van der Waals surface area contributed by atoms with E-state index in [1.807, 2.05) is 27.9 Å². The number of aldehydes is 1. The summed E-state index contributed by atoms with van der Waals surface area (Å²) in [6.45, 7) is 9.85. The van der Waals surface area contributed by atoms with E-state index >= 15 is 0 Å². The van der Waals surface area contributed by atoms with Crippen LogP contribution in [0.4, 0.5) is 0 Å². The molecule has 4 amide bonds. The maximum absolute atomic E-state index is 12.4. The molecule has 0 heterocycles. The van der Waals surface area contributed by atoms with E-state index in [1.54, 1.807) is 20.0 Å². The van der Waals surface area contributed by atoms with Crippen molar-refractivity contribution in [2.24, 2.45) is 5.92 Å². The molecule has 1 unspecified atom stereocenters. The highest BCUT2D eigenvalue weighted by molar-refractivity contribution is 5.94. The number of rotatable bonds is 13. The van der Waals surface area contributed by atoms with Crippen molar-refractivity contribution in [1.82, 2.24) is 20.4 Å². The molecule has 0 rings (SSSR count). The number of hydrogen-bond donors (Lipinski definition) is 2. The first-order chi connectivity index (χ1) is 15.6. The third-order valence-corrected chi connectivity index (χ3v) is 4.08. The summed E-state index contributed by atoms with van der Waals surface area (Å²) in [5, 5.41) is 5.24. The second kappa shape index (κ2) is 24.1. The first-order valence-corrected chi connectivity index (χ1v) is 11.6. The van der Waals surface area contributed by atoms with Crippen LogP contribution >= 0.6 is 0 Å². The largest absolute Gasteiger partial charge is 0.348 e. The smallest absolute Gasteiger partial charge is 0.252 e. The first-order valence-electron chi connectivity index (χ1n) is 11.6. The van der Waals surface area contributed by atoms with Crippen LogP contribution in [0.5, 0.6) is 0 Å². The molecule has 0 saturated heterocycles. The van der Waals surface area contributed by atoms with Crippen molar-refractivity contribution in [1.29, 1.82) is 0 Å². The van der Waals surface area contributed by atoms with Crippen LogP contribution in [-0.2, 0) is 24.0 Å². The third kappa shape index (κ3) is 18.7. The number of nitrogens with one attached hydrogen (secondary N) is 2. The van der Waals surface area contributed by atoms with E-state index in [-0.39, 0.29) is 36.6 Å². The van der Waals surface area contributed by atoms with E-state index < -0.39 is 6.04 Å². The predicted molar refractivity (Wildman–Crippen MR) is 132 cm³/mol. The second-order valence-corrected chi connectivity index (χ2v) is 7.76. The number of carbonyl (C=O) groups is 5. The summed E-state index contributed by atoms with van der Waals surface area (Å²) in [6.07, 6.45) is 7.40. The molecule has 0 aromatic rings. The lowest BCUT2D eigenvalue weighted by Crippen LogP contribution is -2.50. The number of nitrogens with zero attached hydrogens (tertiary/aromatic N) is 2. The zero-order chi connectivity index (χ0) is 26.2. The average molecular weight is 471 g/mol.